The van der Waals surface area contributed by atoms with Crippen LogP contribution in [-0.4, -0.2) is 61.0 Å². The molecule has 1 aliphatic heterocycles. The first kappa shape index (κ1) is 21.5. The second-order valence-electron chi connectivity index (χ2n) is 7.98. The number of carbonyl (C=O) groups excluding carboxylic acids is 2. The lowest BCUT2D eigenvalue weighted by atomic mass is 10.1. The van der Waals surface area contributed by atoms with Crippen LogP contribution < -0.4 is 10.0 Å². The van der Waals surface area contributed by atoms with Gasteiger partial charge in [-0.05, 0) is 41.8 Å². The summed E-state index contributed by atoms with van der Waals surface area (Å²) in [5.41, 5.74) is 0. The topological polar surface area (TPSA) is 116 Å². The van der Waals surface area contributed by atoms with E-state index in [0.29, 0.717) is 4.88 Å². The van der Waals surface area contributed by atoms with Crippen LogP contribution in [0.1, 0.15) is 22.5 Å². The molecule has 1 aliphatic carbocycles. The molecule has 0 spiro atoms. The molecule has 2 aromatic heterocycles. The molecule has 3 aromatic rings. The SMILES string of the molecule is O=C(NC1CC1)[C@@H]1[C@H](NS(=O)(=O)c2cccs2)[C@@H](O)CN1C(=O)c1cc2ccccc2s1. The molecule has 3 heterocycles. The number of aliphatic hydroxyl groups is 1. The van der Waals surface area contributed by atoms with Gasteiger partial charge in [0.15, 0.2) is 0 Å². The van der Waals surface area contributed by atoms with Crippen LogP contribution in [0, 0.1) is 0 Å². The van der Waals surface area contributed by atoms with Crippen molar-refractivity contribution in [1.29, 1.82) is 0 Å². The molecule has 5 rings (SSSR count). The predicted octanol–water partition coefficient (Wildman–Crippen LogP) is 1.77. The van der Waals surface area contributed by atoms with E-state index in [9.17, 15) is 23.1 Å². The first-order valence-corrected chi connectivity index (χ1v) is 13.4. The van der Waals surface area contributed by atoms with Gasteiger partial charge >= 0.3 is 0 Å². The fourth-order valence-corrected chi connectivity index (χ4v) is 7.19. The predicted molar refractivity (Wildman–Crippen MR) is 122 cm³/mol. The highest BCUT2D eigenvalue weighted by Gasteiger charge is 2.50. The van der Waals surface area contributed by atoms with Gasteiger partial charge in [-0.1, -0.05) is 24.3 Å². The molecule has 1 saturated carbocycles. The van der Waals surface area contributed by atoms with Gasteiger partial charge in [-0.3, -0.25) is 9.59 Å². The highest BCUT2D eigenvalue weighted by atomic mass is 32.2. The average Bonchev–Trinajstić information content (AvgIpc) is 3.18. The summed E-state index contributed by atoms with van der Waals surface area (Å²) in [4.78, 5) is 28.2. The summed E-state index contributed by atoms with van der Waals surface area (Å²) in [6.07, 6.45) is 0.464. The van der Waals surface area contributed by atoms with E-state index in [1.165, 1.54) is 22.3 Å². The third-order valence-electron chi connectivity index (χ3n) is 5.61. The monoisotopic (exact) mass is 491 g/mol. The van der Waals surface area contributed by atoms with Gasteiger partial charge in [0, 0.05) is 17.3 Å². The van der Waals surface area contributed by atoms with Crippen LogP contribution >= 0.6 is 22.7 Å². The third-order valence-corrected chi connectivity index (χ3v) is 9.58. The fourth-order valence-electron chi connectivity index (χ4n) is 3.89. The van der Waals surface area contributed by atoms with E-state index in [4.69, 9.17) is 0 Å². The zero-order valence-corrected chi connectivity index (χ0v) is 19.3. The van der Waals surface area contributed by atoms with Crippen molar-refractivity contribution in [3.8, 4) is 0 Å². The molecule has 0 radical (unpaired) electrons. The van der Waals surface area contributed by atoms with Gasteiger partial charge in [0.25, 0.3) is 5.91 Å². The Hall–Kier alpha value is -2.31. The standard InChI is InChI=1S/C21H21N3O5S3/c25-14-11-24(21(27)16-10-12-4-1-2-5-15(12)31-16)19(20(26)22-13-7-8-13)18(14)23-32(28,29)17-6-3-9-30-17/h1-6,9-10,13-14,18-19,23,25H,7-8,11H2,(H,22,26)/t14-,18+,19-/m0/s1. The number of β-amino-alcohol motifs (C(OH)–C–C–N with tert-alkyl or cyclic N) is 1. The second-order valence-corrected chi connectivity index (χ2v) is 12.0. The first-order valence-electron chi connectivity index (χ1n) is 10.2. The van der Waals surface area contributed by atoms with Crippen molar-refractivity contribution in [1.82, 2.24) is 14.9 Å². The van der Waals surface area contributed by atoms with E-state index >= 15 is 0 Å². The van der Waals surface area contributed by atoms with E-state index in [1.54, 1.807) is 17.5 Å². The maximum Gasteiger partial charge on any atom is 0.264 e. The van der Waals surface area contributed by atoms with Crippen molar-refractivity contribution < 1.29 is 23.1 Å². The van der Waals surface area contributed by atoms with Crippen molar-refractivity contribution in [2.75, 3.05) is 6.54 Å². The molecule has 2 aliphatic rings. The van der Waals surface area contributed by atoms with Gasteiger partial charge < -0.3 is 15.3 Å². The van der Waals surface area contributed by atoms with Gasteiger partial charge in [0.2, 0.25) is 15.9 Å². The van der Waals surface area contributed by atoms with Crippen LogP contribution in [0.5, 0.6) is 0 Å². The van der Waals surface area contributed by atoms with Crippen molar-refractivity contribution in [3.63, 3.8) is 0 Å². The number of nitrogens with zero attached hydrogens (tertiary/aromatic N) is 1. The molecular formula is C21H21N3O5S3. The van der Waals surface area contributed by atoms with Crippen LogP contribution in [0.15, 0.2) is 52.1 Å². The van der Waals surface area contributed by atoms with Crippen molar-refractivity contribution >= 4 is 54.6 Å². The number of likely N-dealkylation sites (tertiary alicyclic amines) is 1. The maximum atomic E-state index is 13.4. The normalized spacial score (nSPS) is 23.5. The lowest BCUT2D eigenvalue weighted by Gasteiger charge is -2.27. The number of hydrogen-bond acceptors (Lipinski definition) is 7. The Morgan fingerprint density at radius 2 is 1.91 bits per heavy atom. The lowest BCUT2D eigenvalue weighted by molar-refractivity contribution is -0.125. The number of carbonyl (C=O) groups is 2. The molecule has 1 aromatic carbocycles. The van der Waals surface area contributed by atoms with Gasteiger partial charge in [-0.25, -0.2) is 13.1 Å². The third kappa shape index (κ3) is 4.06. The zero-order valence-electron chi connectivity index (χ0n) is 16.8. The Labute approximate surface area is 192 Å². The summed E-state index contributed by atoms with van der Waals surface area (Å²) in [6.45, 7) is -0.145. The molecule has 2 amide bonds. The van der Waals surface area contributed by atoms with Crippen LogP contribution in [0.3, 0.4) is 0 Å². The first-order chi connectivity index (χ1) is 15.3. The highest BCUT2D eigenvalue weighted by molar-refractivity contribution is 7.91. The van der Waals surface area contributed by atoms with Crippen LogP contribution in [0.2, 0.25) is 0 Å². The molecule has 168 valence electrons. The Kier molecular flexibility index (Phi) is 5.54. The molecule has 2 fully saturated rings. The molecular weight excluding hydrogens is 470 g/mol. The summed E-state index contributed by atoms with van der Waals surface area (Å²) in [5.74, 6) is -0.864. The number of aliphatic hydroxyl groups excluding tert-OH is 1. The van der Waals surface area contributed by atoms with Crippen molar-refractivity contribution in [2.24, 2.45) is 0 Å². The quantitative estimate of drug-likeness (QED) is 0.486. The Morgan fingerprint density at radius 3 is 2.59 bits per heavy atom. The number of benzene rings is 1. The minimum Gasteiger partial charge on any atom is -0.390 e. The largest absolute Gasteiger partial charge is 0.390 e. The average molecular weight is 492 g/mol. The minimum atomic E-state index is -3.95. The van der Waals surface area contributed by atoms with Crippen molar-refractivity contribution in [2.45, 2.75) is 41.3 Å². The van der Waals surface area contributed by atoms with Gasteiger partial charge in [0.1, 0.15) is 10.3 Å². The summed E-state index contributed by atoms with van der Waals surface area (Å²) < 4.78 is 29.1. The Balaban J connectivity index is 1.47. The minimum absolute atomic E-state index is 0.0241. The smallest absolute Gasteiger partial charge is 0.264 e. The van der Waals surface area contributed by atoms with Crippen molar-refractivity contribution in [3.05, 3.63) is 52.7 Å². The van der Waals surface area contributed by atoms with Crippen LogP contribution in [0.25, 0.3) is 10.1 Å². The number of hydrogen-bond donors (Lipinski definition) is 3. The van der Waals surface area contributed by atoms with E-state index < -0.39 is 40.0 Å². The fraction of sp³-hybridized carbons (Fsp3) is 0.333. The van der Waals surface area contributed by atoms with Gasteiger partial charge in [-0.15, -0.1) is 22.7 Å². The second kappa shape index (κ2) is 8.23. The molecule has 1 saturated heterocycles. The Bertz CT molecular complexity index is 1230. The van der Waals surface area contributed by atoms with E-state index in [2.05, 4.69) is 10.0 Å². The van der Waals surface area contributed by atoms with Crippen LogP contribution in [-0.2, 0) is 14.8 Å². The highest BCUT2D eigenvalue weighted by Crippen LogP contribution is 2.31. The lowest BCUT2D eigenvalue weighted by Crippen LogP contribution is -2.56. The number of nitrogens with one attached hydrogen (secondary N) is 2. The summed E-state index contributed by atoms with van der Waals surface area (Å²) in [6, 6.07) is 10.1. The molecule has 32 heavy (non-hydrogen) atoms. The van der Waals surface area contributed by atoms with E-state index in [-0.39, 0.29) is 16.8 Å². The molecule has 8 nitrogen and oxygen atoms in total. The number of fused-ring (bicyclic) bond motifs is 1. The van der Waals surface area contributed by atoms with Gasteiger partial charge in [0.05, 0.1) is 17.0 Å². The zero-order chi connectivity index (χ0) is 22.5. The van der Waals surface area contributed by atoms with E-state index in [1.807, 2.05) is 24.3 Å². The van der Waals surface area contributed by atoms with Crippen LogP contribution in [0.4, 0.5) is 0 Å². The molecule has 0 unspecified atom stereocenters. The molecule has 3 atom stereocenters. The summed E-state index contributed by atoms with van der Waals surface area (Å²) >= 11 is 2.34. The maximum absolute atomic E-state index is 13.4. The number of sulfonamides is 1. The number of rotatable bonds is 6. The number of thiophene rings is 2. The van der Waals surface area contributed by atoms with E-state index in [0.717, 1.165) is 34.3 Å². The Morgan fingerprint density at radius 1 is 1.12 bits per heavy atom. The number of amides is 2. The molecule has 0 bridgehead atoms. The summed E-state index contributed by atoms with van der Waals surface area (Å²) in [5, 5.41) is 16.1. The molecule has 11 heteroatoms. The van der Waals surface area contributed by atoms with Gasteiger partial charge in [-0.2, -0.15) is 0 Å². The summed E-state index contributed by atoms with van der Waals surface area (Å²) in [7, 11) is -3.95. The molecule has 3 N–H and O–H groups in total.